The van der Waals surface area contributed by atoms with Crippen LogP contribution in [0.2, 0.25) is 0 Å². The number of nitrogens with one attached hydrogen (secondary N) is 1. The number of aryl methyl sites for hydroxylation is 2. The molecule has 0 atom stereocenters. The van der Waals surface area contributed by atoms with Gasteiger partial charge in [0.05, 0.1) is 0 Å². The van der Waals surface area contributed by atoms with E-state index in [4.69, 9.17) is 0 Å². The van der Waals surface area contributed by atoms with E-state index in [1.807, 2.05) is 0 Å². The molecule has 0 aromatic heterocycles. The Labute approximate surface area is 92.3 Å². The van der Waals surface area contributed by atoms with E-state index in [1.165, 1.54) is 29.5 Å². The fourth-order valence-corrected chi connectivity index (χ4v) is 1.59. The van der Waals surface area contributed by atoms with Crippen LogP contribution in [-0.4, -0.2) is 6.04 Å². The van der Waals surface area contributed by atoms with Gasteiger partial charge in [0.15, 0.2) is 0 Å². The Bertz CT molecular complexity index is 305. The van der Waals surface area contributed by atoms with Crippen LogP contribution in [0.3, 0.4) is 0 Å². The van der Waals surface area contributed by atoms with Crippen molar-refractivity contribution < 1.29 is 0 Å². The largest absolute Gasteiger partial charge is 0.310 e. The summed E-state index contributed by atoms with van der Waals surface area (Å²) in [7, 11) is 0. The van der Waals surface area contributed by atoms with Crippen molar-refractivity contribution in [2.24, 2.45) is 0 Å². The van der Waals surface area contributed by atoms with Gasteiger partial charge in [0.25, 0.3) is 0 Å². The first-order valence-electron chi connectivity index (χ1n) is 5.05. The molecule has 1 aromatic carbocycles. The van der Waals surface area contributed by atoms with Crippen LogP contribution < -0.4 is 5.32 Å². The quantitative estimate of drug-likeness (QED) is 0.811. The minimum Gasteiger partial charge on any atom is -0.310 e. The fraction of sp³-hybridized carbons (Fsp3) is 0.500. The van der Waals surface area contributed by atoms with E-state index in [2.05, 4.69) is 37.4 Å². The Morgan fingerprint density at radius 2 is 2.00 bits per heavy atom. The van der Waals surface area contributed by atoms with E-state index in [9.17, 15) is 0 Å². The summed E-state index contributed by atoms with van der Waals surface area (Å²) >= 11 is 0. The molecule has 0 saturated heterocycles. The van der Waals surface area contributed by atoms with E-state index in [-0.39, 0.29) is 12.4 Å². The summed E-state index contributed by atoms with van der Waals surface area (Å²) in [6.07, 6.45) is 2.73. The highest BCUT2D eigenvalue weighted by atomic mass is 35.5. The number of benzene rings is 1. The molecule has 1 nitrogen and oxygen atoms in total. The topological polar surface area (TPSA) is 12.0 Å². The molecule has 1 fully saturated rings. The minimum absolute atomic E-state index is 0. The minimum atomic E-state index is 0. The van der Waals surface area contributed by atoms with Crippen molar-refractivity contribution in [1.29, 1.82) is 0 Å². The molecule has 2 rings (SSSR count). The van der Waals surface area contributed by atoms with Crippen LogP contribution in [0.15, 0.2) is 18.2 Å². The highest BCUT2D eigenvalue weighted by Gasteiger charge is 2.19. The summed E-state index contributed by atoms with van der Waals surface area (Å²) in [5, 5.41) is 3.53. The normalized spacial score (nSPS) is 15.0. The second-order valence-electron chi connectivity index (χ2n) is 4.09. The van der Waals surface area contributed by atoms with E-state index in [0.29, 0.717) is 0 Å². The standard InChI is InChI=1S/C12H17N.ClH/c1-9-3-4-11(10(2)7-9)8-13-12-5-6-12;/h3-4,7,12-13H,5-6,8H2,1-2H3;1H. The van der Waals surface area contributed by atoms with Gasteiger partial charge in [-0.15, -0.1) is 12.4 Å². The molecule has 14 heavy (non-hydrogen) atoms. The molecule has 1 aliphatic rings. The molecule has 0 aliphatic heterocycles. The summed E-state index contributed by atoms with van der Waals surface area (Å²) < 4.78 is 0. The first kappa shape index (κ1) is 11.5. The zero-order chi connectivity index (χ0) is 9.26. The molecular formula is C12H18ClN. The van der Waals surface area contributed by atoms with Gasteiger partial charge in [-0.25, -0.2) is 0 Å². The van der Waals surface area contributed by atoms with Gasteiger partial charge in [-0.1, -0.05) is 23.8 Å². The molecule has 1 aromatic rings. The third-order valence-corrected chi connectivity index (χ3v) is 2.66. The summed E-state index contributed by atoms with van der Waals surface area (Å²) in [5.41, 5.74) is 4.21. The zero-order valence-electron chi connectivity index (χ0n) is 8.84. The highest BCUT2D eigenvalue weighted by molar-refractivity contribution is 5.85. The first-order valence-corrected chi connectivity index (χ1v) is 5.05. The van der Waals surface area contributed by atoms with Crippen molar-refractivity contribution in [3.8, 4) is 0 Å². The van der Waals surface area contributed by atoms with Crippen LogP contribution in [0.5, 0.6) is 0 Å². The Balaban J connectivity index is 0.000000980. The first-order chi connectivity index (χ1) is 6.25. The van der Waals surface area contributed by atoms with Gasteiger partial charge in [0.1, 0.15) is 0 Å². The van der Waals surface area contributed by atoms with Crippen molar-refractivity contribution in [2.75, 3.05) is 0 Å². The maximum atomic E-state index is 3.53. The fourth-order valence-electron chi connectivity index (χ4n) is 1.59. The van der Waals surface area contributed by atoms with E-state index < -0.39 is 0 Å². The summed E-state index contributed by atoms with van der Waals surface area (Å²) in [6, 6.07) is 7.49. The Morgan fingerprint density at radius 1 is 1.29 bits per heavy atom. The Morgan fingerprint density at radius 3 is 2.57 bits per heavy atom. The molecule has 1 saturated carbocycles. The van der Waals surface area contributed by atoms with Crippen LogP contribution in [0.1, 0.15) is 29.5 Å². The number of hydrogen-bond donors (Lipinski definition) is 1. The van der Waals surface area contributed by atoms with E-state index in [1.54, 1.807) is 0 Å². The summed E-state index contributed by atoms with van der Waals surface area (Å²) in [4.78, 5) is 0. The smallest absolute Gasteiger partial charge is 0.0210 e. The van der Waals surface area contributed by atoms with Gasteiger partial charge in [-0.2, -0.15) is 0 Å². The molecule has 78 valence electrons. The average Bonchev–Trinajstić information content (AvgIpc) is 2.86. The molecule has 0 heterocycles. The Hall–Kier alpha value is -0.530. The molecule has 1 aliphatic carbocycles. The van der Waals surface area contributed by atoms with Crippen LogP contribution in [0.4, 0.5) is 0 Å². The lowest BCUT2D eigenvalue weighted by Crippen LogP contribution is -2.15. The molecular weight excluding hydrogens is 194 g/mol. The van der Waals surface area contributed by atoms with E-state index >= 15 is 0 Å². The van der Waals surface area contributed by atoms with Crippen molar-refractivity contribution in [3.63, 3.8) is 0 Å². The summed E-state index contributed by atoms with van der Waals surface area (Å²) in [5.74, 6) is 0. The zero-order valence-corrected chi connectivity index (χ0v) is 9.66. The number of halogens is 1. The van der Waals surface area contributed by atoms with Crippen LogP contribution >= 0.6 is 12.4 Å². The van der Waals surface area contributed by atoms with Crippen molar-refractivity contribution >= 4 is 12.4 Å². The highest BCUT2D eigenvalue weighted by Crippen LogP contribution is 2.20. The Kier molecular flexibility index (Phi) is 3.97. The van der Waals surface area contributed by atoms with Gasteiger partial charge in [-0.05, 0) is 37.8 Å². The van der Waals surface area contributed by atoms with Gasteiger partial charge in [0.2, 0.25) is 0 Å². The van der Waals surface area contributed by atoms with Gasteiger partial charge < -0.3 is 5.32 Å². The lowest BCUT2D eigenvalue weighted by molar-refractivity contribution is 0.685. The molecule has 0 bridgehead atoms. The van der Waals surface area contributed by atoms with Crippen molar-refractivity contribution in [1.82, 2.24) is 5.32 Å². The van der Waals surface area contributed by atoms with E-state index in [0.717, 1.165) is 12.6 Å². The molecule has 1 N–H and O–H groups in total. The molecule has 0 spiro atoms. The third-order valence-electron chi connectivity index (χ3n) is 2.66. The predicted octanol–water partition coefficient (Wildman–Crippen LogP) is 2.98. The van der Waals surface area contributed by atoms with Crippen LogP contribution in [0.25, 0.3) is 0 Å². The maximum absolute atomic E-state index is 3.53. The van der Waals surface area contributed by atoms with Gasteiger partial charge in [-0.3, -0.25) is 0 Å². The predicted molar refractivity (Wildman–Crippen MR) is 63.0 cm³/mol. The van der Waals surface area contributed by atoms with Crippen molar-refractivity contribution in [3.05, 3.63) is 34.9 Å². The molecule has 0 radical (unpaired) electrons. The third kappa shape index (κ3) is 3.00. The lowest BCUT2D eigenvalue weighted by atomic mass is 10.1. The maximum Gasteiger partial charge on any atom is 0.0210 e. The lowest BCUT2D eigenvalue weighted by Gasteiger charge is -2.07. The monoisotopic (exact) mass is 211 g/mol. The van der Waals surface area contributed by atoms with Gasteiger partial charge in [0, 0.05) is 12.6 Å². The second kappa shape index (κ2) is 4.81. The van der Waals surface area contributed by atoms with Crippen molar-refractivity contribution in [2.45, 2.75) is 39.3 Å². The van der Waals surface area contributed by atoms with Gasteiger partial charge >= 0.3 is 0 Å². The molecule has 0 amide bonds. The number of rotatable bonds is 3. The average molecular weight is 212 g/mol. The molecule has 0 unspecified atom stereocenters. The number of hydrogen-bond acceptors (Lipinski definition) is 1. The summed E-state index contributed by atoms with van der Waals surface area (Å²) in [6.45, 7) is 5.37. The second-order valence-corrected chi connectivity index (χ2v) is 4.09. The van der Waals surface area contributed by atoms with Crippen LogP contribution in [0, 0.1) is 13.8 Å². The van der Waals surface area contributed by atoms with Crippen LogP contribution in [-0.2, 0) is 6.54 Å². The SMILES string of the molecule is Cc1ccc(CNC2CC2)c(C)c1.Cl. The molecule has 2 heteroatoms.